The summed E-state index contributed by atoms with van der Waals surface area (Å²) < 4.78 is 21.9. The number of aromatic nitrogens is 4. The van der Waals surface area contributed by atoms with Crippen LogP contribution in [0.4, 0.5) is 4.39 Å². The third-order valence-electron chi connectivity index (χ3n) is 5.36. The smallest absolute Gasteiger partial charge is 0.214 e. The van der Waals surface area contributed by atoms with Gasteiger partial charge in [0.05, 0.1) is 18.4 Å². The van der Waals surface area contributed by atoms with Gasteiger partial charge in [-0.25, -0.2) is 9.07 Å². The van der Waals surface area contributed by atoms with Gasteiger partial charge in [0, 0.05) is 0 Å². The van der Waals surface area contributed by atoms with Crippen LogP contribution in [0, 0.1) is 5.82 Å². The Morgan fingerprint density at radius 2 is 2.00 bits per heavy atom. The molecule has 0 aliphatic carbocycles. The molecule has 3 heterocycles. The molecule has 1 aliphatic rings. The van der Waals surface area contributed by atoms with Crippen LogP contribution in [0.3, 0.4) is 0 Å². The summed E-state index contributed by atoms with van der Waals surface area (Å²) in [6.07, 6.45) is 3.58. The summed E-state index contributed by atoms with van der Waals surface area (Å²) in [5, 5.41) is 12.3. The second kappa shape index (κ2) is 8.45. The van der Waals surface area contributed by atoms with Gasteiger partial charge in [-0.1, -0.05) is 18.7 Å². The van der Waals surface area contributed by atoms with E-state index < -0.39 is 0 Å². The van der Waals surface area contributed by atoms with Crippen LogP contribution in [0.25, 0.3) is 0 Å². The molecule has 1 aromatic carbocycles. The van der Waals surface area contributed by atoms with Crippen LogP contribution in [0.15, 0.2) is 59.7 Å². The largest absolute Gasteiger partial charge is 0.467 e. The molecule has 0 bridgehead atoms. The molecule has 1 fully saturated rings. The van der Waals surface area contributed by atoms with Gasteiger partial charge in [-0.2, -0.15) is 0 Å². The van der Waals surface area contributed by atoms with Crippen LogP contribution in [0.1, 0.15) is 23.2 Å². The molecule has 1 aliphatic heterocycles. The Balaban J connectivity index is 1.66. The standard InChI is InChI=1S/C20H23FN6O/c1-2-9-25-10-12-26(13-11-25)19(17-7-3-4-8-18(17)21)20-22-23-24-27(20)15-16-6-5-14-28-16/h2-8,14,19H,1,9-13,15H2/p+2/t19-/m1/s1. The van der Waals surface area contributed by atoms with E-state index >= 15 is 0 Å². The predicted octanol–water partition coefficient (Wildman–Crippen LogP) is -0.488. The molecular weight excluding hydrogens is 359 g/mol. The van der Waals surface area contributed by atoms with E-state index in [-0.39, 0.29) is 11.9 Å². The van der Waals surface area contributed by atoms with Crippen molar-refractivity contribution in [2.45, 2.75) is 12.6 Å². The average Bonchev–Trinajstić information content (AvgIpc) is 3.38. The van der Waals surface area contributed by atoms with E-state index in [9.17, 15) is 4.39 Å². The molecule has 2 aromatic heterocycles. The topological polar surface area (TPSA) is 65.6 Å². The van der Waals surface area contributed by atoms with Crippen molar-refractivity contribution < 1.29 is 18.6 Å². The fourth-order valence-electron chi connectivity index (χ4n) is 3.95. The van der Waals surface area contributed by atoms with Crippen molar-refractivity contribution in [1.29, 1.82) is 0 Å². The lowest BCUT2D eigenvalue weighted by atomic mass is 10.0. The lowest BCUT2D eigenvalue weighted by Gasteiger charge is -2.33. The van der Waals surface area contributed by atoms with Crippen LogP contribution in [-0.2, 0) is 6.54 Å². The summed E-state index contributed by atoms with van der Waals surface area (Å²) in [6, 6.07) is 10.4. The van der Waals surface area contributed by atoms with Crippen molar-refractivity contribution in [3.63, 3.8) is 0 Å². The highest BCUT2D eigenvalue weighted by Gasteiger charge is 2.36. The number of halogens is 1. The van der Waals surface area contributed by atoms with E-state index in [1.165, 1.54) is 15.9 Å². The Morgan fingerprint density at radius 3 is 2.71 bits per heavy atom. The molecule has 1 atom stereocenters. The first-order valence-corrected chi connectivity index (χ1v) is 9.58. The molecule has 0 amide bonds. The second-order valence-electron chi connectivity index (χ2n) is 7.13. The monoisotopic (exact) mass is 384 g/mol. The molecule has 8 heteroatoms. The highest BCUT2D eigenvalue weighted by Crippen LogP contribution is 2.20. The van der Waals surface area contributed by atoms with E-state index in [1.54, 1.807) is 17.0 Å². The van der Waals surface area contributed by atoms with Crippen LogP contribution in [0.5, 0.6) is 0 Å². The third-order valence-corrected chi connectivity index (χ3v) is 5.36. The molecule has 4 rings (SSSR count). The minimum atomic E-state index is -0.267. The maximum atomic E-state index is 14.8. The van der Waals surface area contributed by atoms with Crippen molar-refractivity contribution in [3.8, 4) is 0 Å². The Hall–Kier alpha value is -2.84. The number of furan rings is 1. The summed E-state index contributed by atoms with van der Waals surface area (Å²) in [4.78, 5) is 2.77. The number of tetrazole rings is 1. The fourth-order valence-corrected chi connectivity index (χ4v) is 3.95. The van der Waals surface area contributed by atoms with Gasteiger partial charge in [0.15, 0.2) is 6.04 Å². The minimum absolute atomic E-state index is 0.228. The van der Waals surface area contributed by atoms with E-state index in [0.29, 0.717) is 17.9 Å². The predicted molar refractivity (Wildman–Crippen MR) is 100 cm³/mol. The lowest BCUT2D eigenvalue weighted by molar-refractivity contribution is -1.02. The SMILES string of the molecule is C=CC[NH+]1CC[NH+]([C@H](c2ccccc2F)c2nnnn2Cc2ccco2)CC1. The number of hydrogen-bond donors (Lipinski definition) is 2. The summed E-state index contributed by atoms with van der Waals surface area (Å²) in [7, 11) is 0. The van der Waals surface area contributed by atoms with Gasteiger partial charge >= 0.3 is 0 Å². The molecule has 0 saturated carbocycles. The highest BCUT2D eigenvalue weighted by atomic mass is 19.1. The highest BCUT2D eigenvalue weighted by molar-refractivity contribution is 5.24. The quantitative estimate of drug-likeness (QED) is 0.540. The van der Waals surface area contributed by atoms with E-state index in [1.807, 2.05) is 30.3 Å². The summed E-state index contributed by atoms with van der Waals surface area (Å²) in [6.45, 7) is 9.05. The molecule has 0 unspecified atom stereocenters. The average molecular weight is 384 g/mol. The number of quaternary nitrogens is 2. The van der Waals surface area contributed by atoms with Crippen LogP contribution >= 0.6 is 0 Å². The molecule has 1 saturated heterocycles. The van der Waals surface area contributed by atoms with E-state index in [0.717, 1.165) is 38.5 Å². The van der Waals surface area contributed by atoms with Gasteiger partial charge in [-0.3, -0.25) is 0 Å². The molecule has 3 aromatic rings. The van der Waals surface area contributed by atoms with Crippen molar-refractivity contribution in [3.05, 3.63) is 78.3 Å². The molecule has 146 valence electrons. The van der Waals surface area contributed by atoms with Gasteiger partial charge < -0.3 is 14.2 Å². The van der Waals surface area contributed by atoms with Crippen LogP contribution in [0.2, 0.25) is 0 Å². The Morgan fingerprint density at radius 1 is 1.18 bits per heavy atom. The fraction of sp³-hybridized carbons (Fsp3) is 0.350. The van der Waals surface area contributed by atoms with Gasteiger partial charge in [0.1, 0.15) is 44.3 Å². The van der Waals surface area contributed by atoms with Crippen molar-refractivity contribution in [2.75, 3.05) is 32.7 Å². The Bertz CT molecular complexity index is 901. The van der Waals surface area contributed by atoms with Gasteiger partial charge in [-0.15, -0.1) is 5.10 Å². The van der Waals surface area contributed by atoms with E-state index in [4.69, 9.17) is 4.42 Å². The molecular formula is C20H25FN6O+2. The number of hydrogen-bond acceptors (Lipinski definition) is 4. The zero-order valence-corrected chi connectivity index (χ0v) is 15.7. The zero-order chi connectivity index (χ0) is 19.3. The number of nitrogens with zero attached hydrogens (tertiary/aromatic N) is 4. The number of benzene rings is 1. The first-order chi connectivity index (χ1) is 13.8. The molecule has 28 heavy (non-hydrogen) atoms. The van der Waals surface area contributed by atoms with Gasteiger partial charge in [0.25, 0.3) is 0 Å². The maximum absolute atomic E-state index is 14.8. The van der Waals surface area contributed by atoms with Gasteiger partial charge in [0.2, 0.25) is 5.82 Å². The van der Waals surface area contributed by atoms with Crippen molar-refractivity contribution >= 4 is 0 Å². The normalized spacial score (nSPS) is 20.8. The third kappa shape index (κ3) is 3.88. The lowest BCUT2D eigenvalue weighted by Crippen LogP contribution is -3.28. The summed E-state index contributed by atoms with van der Waals surface area (Å²) >= 11 is 0. The van der Waals surface area contributed by atoms with Crippen LogP contribution < -0.4 is 9.80 Å². The molecule has 7 nitrogen and oxygen atoms in total. The van der Waals surface area contributed by atoms with Crippen molar-refractivity contribution in [1.82, 2.24) is 20.2 Å². The second-order valence-corrected chi connectivity index (χ2v) is 7.13. The van der Waals surface area contributed by atoms with E-state index in [2.05, 4.69) is 22.1 Å². The van der Waals surface area contributed by atoms with Gasteiger partial charge in [-0.05, 0) is 40.8 Å². The summed E-state index contributed by atoms with van der Waals surface area (Å²) in [5.74, 6) is 1.19. The number of piperazine rings is 1. The summed E-state index contributed by atoms with van der Waals surface area (Å²) in [5.41, 5.74) is 0.625. The number of rotatable bonds is 7. The number of nitrogens with one attached hydrogen (secondary N) is 2. The maximum Gasteiger partial charge on any atom is 0.214 e. The first-order valence-electron chi connectivity index (χ1n) is 9.58. The minimum Gasteiger partial charge on any atom is -0.467 e. The van der Waals surface area contributed by atoms with Crippen LogP contribution in [-0.4, -0.2) is 52.9 Å². The first kappa shape index (κ1) is 18.5. The Kier molecular flexibility index (Phi) is 5.59. The Labute approximate surface area is 163 Å². The molecule has 0 spiro atoms. The molecule has 2 N–H and O–H groups in total. The van der Waals surface area contributed by atoms with Crippen molar-refractivity contribution in [2.24, 2.45) is 0 Å². The zero-order valence-electron chi connectivity index (χ0n) is 15.7. The molecule has 0 radical (unpaired) electrons.